The van der Waals surface area contributed by atoms with Gasteiger partial charge in [0.05, 0.1) is 18.0 Å². The first-order chi connectivity index (χ1) is 10.2. The van der Waals surface area contributed by atoms with Crippen molar-refractivity contribution in [3.8, 4) is 6.01 Å². The van der Waals surface area contributed by atoms with Crippen molar-refractivity contribution in [2.45, 2.75) is 6.92 Å². The Labute approximate surface area is 121 Å². The van der Waals surface area contributed by atoms with Crippen molar-refractivity contribution in [1.82, 2.24) is 15.0 Å². The molecule has 0 atom stereocenters. The van der Waals surface area contributed by atoms with Crippen LogP contribution in [0.2, 0.25) is 0 Å². The van der Waals surface area contributed by atoms with E-state index in [0.29, 0.717) is 12.3 Å². The number of nitrogens with one attached hydrogen (secondary N) is 1. The molecule has 3 N–H and O–H groups in total. The maximum absolute atomic E-state index is 11.8. The molecule has 1 aromatic carbocycles. The van der Waals surface area contributed by atoms with Crippen LogP contribution in [0.3, 0.4) is 0 Å². The Morgan fingerprint density at radius 1 is 1.33 bits per heavy atom. The summed E-state index contributed by atoms with van der Waals surface area (Å²) in [6.45, 7) is 2.34. The zero-order chi connectivity index (χ0) is 14.8. The van der Waals surface area contributed by atoms with Gasteiger partial charge in [-0.25, -0.2) is 0 Å². The normalized spacial score (nSPS) is 13.6. The minimum Gasteiger partial charge on any atom is -0.464 e. The number of ether oxygens (including phenoxy) is 1. The average molecular weight is 286 g/mol. The van der Waals surface area contributed by atoms with Crippen molar-refractivity contribution in [3.63, 3.8) is 0 Å². The monoisotopic (exact) mass is 286 g/mol. The Bertz CT molecular complexity index is 690. The number of rotatable bonds is 3. The second-order valence-electron chi connectivity index (χ2n) is 4.36. The largest absolute Gasteiger partial charge is 0.464 e. The first-order valence-corrected chi connectivity index (χ1v) is 6.48. The van der Waals surface area contributed by atoms with Gasteiger partial charge in [-0.05, 0) is 19.1 Å². The van der Waals surface area contributed by atoms with Crippen molar-refractivity contribution >= 4 is 29.2 Å². The van der Waals surface area contributed by atoms with E-state index in [1.54, 1.807) is 4.90 Å². The maximum atomic E-state index is 11.8. The minimum atomic E-state index is -0.148. The van der Waals surface area contributed by atoms with Crippen LogP contribution >= 0.6 is 0 Å². The zero-order valence-corrected chi connectivity index (χ0v) is 11.4. The summed E-state index contributed by atoms with van der Waals surface area (Å²) in [6, 6.07) is 7.54. The van der Waals surface area contributed by atoms with Gasteiger partial charge in [-0.15, -0.1) is 0 Å². The fourth-order valence-corrected chi connectivity index (χ4v) is 2.09. The van der Waals surface area contributed by atoms with E-state index in [4.69, 9.17) is 10.5 Å². The molecule has 8 nitrogen and oxygen atoms in total. The smallest absolute Gasteiger partial charge is 0.323 e. The first kappa shape index (κ1) is 13.1. The molecule has 21 heavy (non-hydrogen) atoms. The van der Waals surface area contributed by atoms with Crippen molar-refractivity contribution in [2.75, 3.05) is 29.1 Å². The van der Waals surface area contributed by atoms with Crippen molar-refractivity contribution < 1.29 is 9.53 Å². The lowest BCUT2D eigenvalue weighted by Crippen LogP contribution is -2.36. The number of nitrogens with two attached hydrogens (primary N) is 1. The number of carbonyl (C=O) groups is 1. The van der Waals surface area contributed by atoms with E-state index in [1.165, 1.54) is 0 Å². The van der Waals surface area contributed by atoms with E-state index in [1.807, 2.05) is 31.2 Å². The Kier molecular flexibility index (Phi) is 3.27. The molecule has 1 amide bonds. The van der Waals surface area contributed by atoms with Gasteiger partial charge in [0.2, 0.25) is 17.8 Å². The second-order valence-corrected chi connectivity index (χ2v) is 4.36. The molecule has 8 heteroatoms. The number of nitrogen functional groups attached to an aromatic ring is 1. The van der Waals surface area contributed by atoms with E-state index in [2.05, 4.69) is 20.3 Å². The Morgan fingerprint density at radius 3 is 2.95 bits per heavy atom. The predicted octanol–water partition coefficient (Wildman–Crippen LogP) is 0.943. The van der Waals surface area contributed by atoms with E-state index < -0.39 is 0 Å². The second kappa shape index (κ2) is 5.23. The highest BCUT2D eigenvalue weighted by Gasteiger charge is 2.25. The SMILES string of the molecule is CCOc1nc(N)nc(N2CC(=O)Nc3ccccc32)n1. The van der Waals surface area contributed by atoms with Gasteiger partial charge in [0.25, 0.3) is 0 Å². The minimum absolute atomic E-state index is 0.0481. The molecule has 1 aromatic heterocycles. The highest BCUT2D eigenvalue weighted by molar-refractivity contribution is 6.02. The summed E-state index contributed by atoms with van der Waals surface area (Å²) in [5.41, 5.74) is 7.18. The molecule has 0 saturated heterocycles. The fraction of sp³-hybridized carbons (Fsp3) is 0.231. The lowest BCUT2D eigenvalue weighted by Gasteiger charge is -2.29. The molecule has 0 fully saturated rings. The molecule has 0 bridgehead atoms. The molecule has 2 aromatic rings. The topological polar surface area (TPSA) is 106 Å². The molecular weight excluding hydrogens is 272 g/mol. The summed E-state index contributed by atoms with van der Waals surface area (Å²) < 4.78 is 5.26. The van der Waals surface area contributed by atoms with Crippen LogP contribution in [0.5, 0.6) is 6.01 Å². The Hall–Kier alpha value is -2.90. The first-order valence-electron chi connectivity index (χ1n) is 6.48. The molecule has 1 aliphatic rings. The summed E-state index contributed by atoms with van der Waals surface area (Å²) >= 11 is 0. The van der Waals surface area contributed by atoms with Gasteiger partial charge in [-0.1, -0.05) is 12.1 Å². The number of carbonyl (C=O) groups excluding carboxylic acids is 1. The van der Waals surface area contributed by atoms with Crippen LogP contribution in [-0.2, 0) is 4.79 Å². The highest BCUT2D eigenvalue weighted by atomic mass is 16.5. The molecule has 0 radical (unpaired) electrons. The quantitative estimate of drug-likeness (QED) is 0.864. The van der Waals surface area contributed by atoms with Crippen LogP contribution in [0.4, 0.5) is 23.3 Å². The molecule has 0 unspecified atom stereocenters. The van der Waals surface area contributed by atoms with E-state index in [0.717, 1.165) is 5.69 Å². The number of anilines is 4. The Morgan fingerprint density at radius 2 is 2.14 bits per heavy atom. The van der Waals surface area contributed by atoms with Crippen LogP contribution in [0.25, 0.3) is 0 Å². The summed E-state index contributed by atoms with van der Waals surface area (Å²) in [6.07, 6.45) is 0. The summed E-state index contributed by atoms with van der Waals surface area (Å²) in [5, 5.41) is 2.80. The Balaban J connectivity index is 2.06. The third kappa shape index (κ3) is 2.55. The van der Waals surface area contributed by atoms with Crippen LogP contribution in [0.1, 0.15) is 6.92 Å². The number of benzene rings is 1. The van der Waals surface area contributed by atoms with Crippen molar-refractivity contribution in [1.29, 1.82) is 0 Å². The summed E-state index contributed by atoms with van der Waals surface area (Å²) in [5.74, 6) is 0.186. The fourth-order valence-electron chi connectivity index (χ4n) is 2.09. The van der Waals surface area contributed by atoms with E-state index in [-0.39, 0.29) is 30.4 Å². The molecular formula is C13H14N6O2. The average Bonchev–Trinajstić information content (AvgIpc) is 2.46. The number of aromatic nitrogens is 3. The van der Waals surface area contributed by atoms with E-state index in [9.17, 15) is 4.79 Å². The van der Waals surface area contributed by atoms with Gasteiger partial charge in [0.15, 0.2) is 0 Å². The van der Waals surface area contributed by atoms with E-state index >= 15 is 0 Å². The lowest BCUT2D eigenvalue weighted by atomic mass is 10.2. The molecule has 2 heterocycles. The van der Waals surface area contributed by atoms with Gasteiger partial charge < -0.3 is 15.8 Å². The molecule has 3 rings (SSSR count). The van der Waals surface area contributed by atoms with Crippen molar-refractivity contribution in [2.24, 2.45) is 0 Å². The number of para-hydroxylation sites is 2. The third-order valence-corrected chi connectivity index (χ3v) is 2.91. The van der Waals surface area contributed by atoms with Gasteiger partial charge in [0.1, 0.15) is 6.54 Å². The van der Waals surface area contributed by atoms with Gasteiger partial charge in [0, 0.05) is 0 Å². The summed E-state index contributed by atoms with van der Waals surface area (Å²) in [4.78, 5) is 25.7. The number of nitrogens with zero attached hydrogens (tertiary/aromatic N) is 4. The molecule has 0 aliphatic carbocycles. The van der Waals surface area contributed by atoms with Crippen LogP contribution < -0.4 is 20.7 Å². The molecule has 1 aliphatic heterocycles. The number of hydrogen-bond acceptors (Lipinski definition) is 7. The summed E-state index contributed by atoms with van der Waals surface area (Å²) in [7, 11) is 0. The number of hydrogen-bond donors (Lipinski definition) is 2. The molecule has 108 valence electrons. The predicted molar refractivity (Wildman–Crippen MR) is 77.5 cm³/mol. The molecule has 0 saturated carbocycles. The van der Waals surface area contributed by atoms with Crippen LogP contribution in [-0.4, -0.2) is 34.0 Å². The van der Waals surface area contributed by atoms with Crippen LogP contribution in [0, 0.1) is 0 Å². The number of amides is 1. The maximum Gasteiger partial charge on any atom is 0.323 e. The van der Waals surface area contributed by atoms with Gasteiger partial charge in [-0.2, -0.15) is 15.0 Å². The highest BCUT2D eigenvalue weighted by Crippen LogP contribution is 2.33. The molecule has 0 spiro atoms. The lowest BCUT2D eigenvalue weighted by molar-refractivity contribution is -0.115. The number of fused-ring (bicyclic) bond motifs is 1. The van der Waals surface area contributed by atoms with Crippen LogP contribution in [0.15, 0.2) is 24.3 Å². The zero-order valence-electron chi connectivity index (χ0n) is 11.4. The third-order valence-electron chi connectivity index (χ3n) is 2.91. The van der Waals surface area contributed by atoms with Gasteiger partial charge in [-0.3, -0.25) is 9.69 Å². The standard InChI is InChI=1S/C13H14N6O2/c1-2-21-13-17-11(14)16-12(18-13)19-7-10(20)15-8-5-3-4-6-9(8)19/h3-6H,2,7H2,1H3,(H,15,20)(H2,14,16,17,18). The van der Waals surface area contributed by atoms with Gasteiger partial charge >= 0.3 is 6.01 Å². The van der Waals surface area contributed by atoms with Crippen molar-refractivity contribution in [3.05, 3.63) is 24.3 Å².